The molecule has 12 nitrogen and oxygen atoms in total. The first kappa shape index (κ1) is 26.2. The highest BCUT2D eigenvalue weighted by molar-refractivity contribution is 7.48. The van der Waals surface area contributed by atoms with Gasteiger partial charge in [0.25, 0.3) is 5.91 Å². The zero-order valence-electron chi connectivity index (χ0n) is 19.7. The molecule has 3 unspecified atom stereocenters. The topological polar surface area (TPSA) is 136 Å². The number of methoxy groups -OCH3 is 2. The molecule has 4 atom stereocenters. The first-order valence-electron chi connectivity index (χ1n) is 10.7. The van der Waals surface area contributed by atoms with Crippen molar-refractivity contribution in [3.8, 4) is 11.5 Å². The fraction of sp³-hybridized carbons (Fsp3) is 0.476. The van der Waals surface area contributed by atoms with Crippen LogP contribution >= 0.6 is 7.82 Å². The number of rotatable bonds is 7. The van der Waals surface area contributed by atoms with Gasteiger partial charge in [-0.05, 0) is 38.1 Å². The van der Waals surface area contributed by atoms with Crippen molar-refractivity contribution in [3.05, 3.63) is 46.5 Å². The van der Waals surface area contributed by atoms with Crippen LogP contribution < -0.4 is 20.5 Å². The van der Waals surface area contributed by atoms with Crippen LogP contribution in [0.2, 0.25) is 0 Å². The largest absolute Gasteiger partial charge is 0.493 e. The van der Waals surface area contributed by atoms with Crippen LogP contribution in [0.3, 0.4) is 0 Å². The molecule has 1 aromatic carbocycles. The molecule has 2 fully saturated rings. The SMILES string of the molecule is COc1ccc(C(=O)Nc2ccn(C3OC4COP(=O)(OC(C)C)O[C@H]4C3(F)F)c(=O)n2)cc1OC. The summed E-state index contributed by atoms with van der Waals surface area (Å²) in [6, 6.07) is 5.57. The van der Waals surface area contributed by atoms with Gasteiger partial charge in [-0.25, -0.2) is 9.36 Å². The van der Waals surface area contributed by atoms with Gasteiger partial charge in [-0.15, -0.1) is 0 Å². The maximum atomic E-state index is 15.2. The van der Waals surface area contributed by atoms with Crippen molar-refractivity contribution in [2.24, 2.45) is 0 Å². The monoisotopic (exact) mass is 531 g/mol. The third-order valence-electron chi connectivity index (χ3n) is 5.30. The second-order valence-corrected chi connectivity index (χ2v) is 9.73. The number of ether oxygens (including phenoxy) is 3. The zero-order valence-corrected chi connectivity index (χ0v) is 20.6. The predicted octanol–water partition coefficient (Wildman–Crippen LogP) is 2.99. The Kier molecular flexibility index (Phi) is 7.17. The van der Waals surface area contributed by atoms with Crippen LogP contribution in [-0.2, 0) is 22.9 Å². The molecular formula is C21H24F2N3O9P. The Morgan fingerprint density at radius 2 is 1.97 bits per heavy atom. The van der Waals surface area contributed by atoms with Crippen molar-refractivity contribution in [2.45, 2.75) is 44.3 Å². The number of amides is 1. The Balaban J connectivity index is 1.52. The number of phosphoric ester groups is 1. The maximum Gasteiger partial charge on any atom is 0.475 e. The molecule has 4 rings (SSSR count). The normalized spacial score (nSPS) is 26.9. The van der Waals surface area contributed by atoms with E-state index in [2.05, 4.69) is 10.3 Å². The molecule has 196 valence electrons. The van der Waals surface area contributed by atoms with Crippen LogP contribution in [0.15, 0.2) is 35.3 Å². The number of aromatic nitrogens is 2. The number of benzene rings is 1. The van der Waals surface area contributed by atoms with Gasteiger partial charge in [-0.2, -0.15) is 13.8 Å². The van der Waals surface area contributed by atoms with Crippen molar-refractivity contribution in [1.29, 1.82) is 0 Å². The minimum Gasteiger partial charge on any atom is -0.493 e. The van der Waals surface area contributed by atoms with E-state index >= 15 is 8.78 Å². The second kappa shape index (κ2) is 9.87. The number of carbonyl (C=O) groups excluding carboxylic acids is 1. The van der Waals surface area contributed by atoms with Crippen molar-refractivity contribution in [3.63, 3.8) is 0 Å². The molecule has 1 N–H and O–H groups in total. The quantitative estimate of drug-likeness (QED) is 0.531. The average molecular weight is 531 g/mol. The molecule has 2 aliphatic heterocycles. The van der Waals surface area contributed by atoms with E-state index in [4.69, 9.17) is 27.8 Å². The van der Waals surface area contributed by atoms with E-state index in [0.717, 1.165) is 12.3 Å². The fourth-order valence-electron chi connectivity index (χ4n) is 3.71. The summed E-state index contributed by atoms with van der Waals surface area (Å²) < 4.78 is 74.1. The number of hydrogen-bond donors (Lipinski definition) is 1. The molecular weight excluding hydrogens is 507 g/mol. The summed E-state index contributed by atoms with van der Waals surface area (Å²) >= 11 is 0. The van der Waals surface area contributed by atoms with Gasteiger partial charge in [0.15, 0.2) is 17.6 Å². The standard InChI is InChI=1S/C21H24F2N3O9P/c1-11(2)34-36(29)32-10-15-17(35-36)21(22,23)19(33-15)26-8-7-16(25-20(26)28)24-18(27)12-5-6-13(30-3)14(9-12)31-4/h5-9,11,15,17,19H,10H2,1-4H3,(H,24,25,27,28)/t15?,17-,19?,36?/m1/s1. The number of nitrogens with one attached hydrogen (secondary N) is 1. The Morgan fingerprint density at radius 1 is 1.25 bits per heavy atom. The summed E-state index contributed by atoms with van der Waals surface area (Å²) in [5, 5.41) is 2.42. The number of phosphoric acid groups is 1. The van der Waals surface area contributed by atoms with Gasteiger partial charge in [0.05, 0.1) is 26.9 Å². The van der Waals surface area contributed by atoms with Crippen molar-refractivity contribution < 1.29 is 45.9 Å². The van der Waals surface area contributed by atoms with Gasteiger partial charge in [0.2, 0.25) is 6.23 Å². The number of fused-ring (bicyclic) bond motifs is 1. The van der Waals surface area contributed by atoms with Crippen LogP contribution in [0.25, 0.3) is 0 Å². The molecule has 1 aromatic heterocycles. The highest BCUT2D eigenvalue weighted by Crippen LogP contribution is 2.60. The Hall–Kier alpha value is -2.90. The highest BCUT2D eigenvalue weighted by atomic mass is 31.2. The third-order valence-corrected chi connectivity index (χ3v) is 6.93. The van der Waals surface area contributed by atoms with Crippen molar-refractivity contribution in [2.75, 3.05) is 26.1 Å². The zero-order chi connectivity index (χ0) is 26.3. The van der Waals surface area contributed by atoms with Crippen molar-refractivity contribution >= 4 is 19.5 Å². The number of anilines is 1. The van der Waals surface area contributed by atoms with E-state index in [1.54, 1.807) is 13.8 Å². The lowest BCUT2D eigenvalue weighted by molar-refractivity contribution is -0.139. The molecule has 0 radical (unpaired) electrons. The lowest BCUT2D eigenvalue weighted by Crippen LogP contribution is -2.45. The average Bonchev–Trinajstić information content (AvgIpc) is 3.07. The highest BCUT2D eigenvalue weighted by Gasteiger charge is 2.65. The summed E-state index contributed by atoms with van der Waals surface area (Å²) in [6.07, 6.45) is -5.00. The van der Waals surface area contributed by atoms with E-state index in [1.807, 2.05) is 0 Å². The van der Waals surface area contributed by atoms with E-state index in [-0.39, 0.29) is 11.4 Å². The van der Waals surface area contributed by atoms with E-state index < -0.39 is 56.5 Å². The summed E-state index contributed by atoms with van der Waals surface area (Å²) in [7, 11) is -1.39. The summed E-state index contributed by atoms with van der Waals surface area (Å²) in [5.74, 6) is -3.86. The first-order valence-corrected chi connectivity index (χ1v) is 12.2. The molecule has 0 bridgehead atoms. The van der Waals surface area contributed by atoms with Gasteiger partial charge < -0.3 is 19.5 Å². The predicted molar refractivity (Wildman–Crippen MR) is 120 cm³/mol. The molecule has 2 aromatic rings. The molecule has 36 heavy (non-hydrogen) atoms. The number of alkyl halides is 2. The van der Waals surface area contributed by atoms with Crippen LogP contribution in [0.1, 0.15) is 30.4 Å². The van der Waals surface area contributed by atoms with Crippen LogP contribution in [0.4, 0.5) is 14.6 Å². The van der Waals surface area contributed by atoms with E-state index in [0.29, 0.717) is 16.1 Å². The lowest BCUT2D eigenvalue weighted by Gasteiger charge is -2.32. The molecule has 15 heteroatoms. The first-order chi connectivity index (χ1) is 17.0. The second-order valence-electron chi connectivity index (χ2n) is 8.15. The number of carbonyl (C=O) groups is 1. The number of hydrogen-bond acceptors (Lipinski definition) is 10. The van der Waals surface area contributed by atoms with Crippen molar-refractivity contribution in [1.82, 2.24) is 9.55 Å². The third kappa shape index (κ3) is 5.00. The van der Waals surface area contributed by atoms with E-state index in [9.17, 15) is 14.2 Å². The Morgan fingerprint density at radius 3 is 2.61 bits per heavy atom. The van der Waals surface area contributed by atoms with Gasteiger partial charge >= 0.3 is 19.4 Å². The fourth-order valence-corrected chi connectivity index (χ4v) is 5.28. The summed E-state index contributed by atoms with van der Waals surface area (Å²) in [4.78, 5) is 28.8. The van der Waals surface area contributed by atoms with Crippen LogP contribution in [-0.4, -0.2) is 60.5 Å². The summed E-state index contributed by atoms with van der Waals surface area (Å²) in [6.45, 7) is 2.60. The molecule has 0 aliphatic carbocycles. The number of halogens is 2. The van der Waals surface area contributed by atoms with Crippen LogP contribution in [0, 0.1) is 0 Å². The van der Waals surface area contributed by atoms with Crippen LogP contribution in [0.5, 0.6) is 11.5 Å². The smallest absolute Gasteiger partial charge is 0.475 e. The molecule has 0 spiro atoms. The van der Waals surface area contributed by atoms with Gasteiger partial charge in [-0.1, -0.05) is 0 Å². The molecule has 1 amide bonds. The minimum atomic E-state index is -4.24. The molecule has 2 aliphatic rings. The van der Waals surface area contributed by atoms with Gasteiger partial charge in [0.1, 0.15) is 11.9 Å². The minimum absolute atomic E-state index is 0.177. The lowest BCUT2D eigenvalue weighted by atomic mass is 10.1. The molecule has 3 heterocycles. The molecule has 2 saturated heterocycles. The number of nitrogens with zero attached hydrogens (tertiary/aromatic N) is 2. The summed E-state index contributed by atoms with van der Waals surface area (Å²) in [5.41, 5.74) is -0.940. The Labute approximate surface area is 204 Å². The van der Waals surface area contributed by atoms with Gasteiger partial charge in [0, 0.05) is 11.8 Å². The van der Waals surface area contributed by atoms with Gasteiger partial charge in [-0.3, -0.25) is 22.9 Å². The maximum absolute atomic E-state index is 15.2. The molecule has 0 saturated carbocycles. The Bertz CT molecular complexity index is 1260. The van der Waals surface area contributed by atoms with E-state index in [1.165, 1.54) is 32.4 Å².